The van der Waals surface area contributed by atoms with Crippen molar-refractivity contribution in [2.75, 3.05) is 20.1 Å². The van der Waals surface area contributed by atoms with E-state index < -0.39 is 0 Å². The van der Waals surface area contributed by atoms with Gasteiger partial charge >= 0.3 is 0 Å². The molecule has 1 unspecified atom stereocenters. The van der Waals surface area contributed by atoms with Gasteiger partial charge in [-0.1, -0.05) is 5.16 Å². The normalized spacial score (nSPS) is 22.4. The number of nitrogens with two attached hydrogens (primary N) is 1. The van der Waals surface area contributed by atoms with Crippen molar-refractivity contribution < 1.29 is 4.52 Å². The van der Waals surface area contributed by atoms with E-state index in [0.717, 1.165) is 12.2 Å². The van der Waals surface area contributed by atoms with Crippen LogP contribution in [0.1, 0.15) is 24.6 Å². The molecule has 0 radical (unpaired) electrons. The molecule has 84 valence electrons. The fraction of sp³-hybridized carbons (Fsp3) is 0.800. The Labute approximate surface area is 89.6 Å². The zero-order chi connectivity index (χ0) is 10.7. The molecule has 0 aromatic carbocycles. The van der Waals surface area contributed by atoms with Crippen LogP contribution in [0.4, 0.5) is 0 Å². The topological polar surface area (TPSA) is 68.2 Å². The molecule has 0 aliphatic carbocycles. The van der Waals surface area contributed by atoms with Crippen LogP contribution in [0.15, 0.2) is 4.52 Å². The van der Waals surface area contributed by atoms with Gasteiger partial charge < -0.3 is 15.2 Å². The van der Waals surface area contributed by atoms with Crippen LogP contribution in [-0.2, 0) is 12.8 Å². The molecule has 0 amide bonds. The number of hydrogen-bond donors (Lipinski definition) is 1. The van der Waals surface area contributed by atoms with Crippen LogP contribution in [0.25, 0.3) is 0 Å². The second kappa shape index (κ2) is 4.72. The number of hydrogen-bond acceptors (Lipinski definition) is 5. The lowest BCUT2D eigenvalue weighted by Crippen LogP contribution is -2.27. The molecule has 1 aliphatic rings. The molecule has 1 atom stereocenters. The van der Waals surface area contributed by atoms with E-state index in [4.69, 9.17) is 10.3 Å². The maximum absolute atomic E-state index is 5.42. The Bertz CT molecular complexity index is 312. The fourth-order valence-electron chi connectivity index (χ4n) is 2.05. The molecule has 2 N–H and O–H groups in total. The summed E-state index contributed by atoms with van der Waals surface area (Å²) in [5, 5.41) is 3.96. The van der Waals surface area contributed by atoms with Gasteiger partial charge in [0, 0.05) is 25.4 Å². The first-order chi connectivity index (χ1) is 7.29. The van der Waals surface area contributed by atoms with Crippen LogP contribution in [-0.4, -0.2) is 41.2 Å². The average Bonchev–Trinajstić information content (AvgIpc) is 2.79. The molecule has 1 aliphatic heterocycles. The highest BCUT2D eigenvalue weighted by molar-refractivity contribution is 4.92. The van der Waals surface area contributed by atoms with E-state index in [0.29, 0.717) is 24.9 Å². The molecule has 5 heteroatoms. The molecule has 0 spiro atoms. The molecule has 2 heterocycles. The van der Waals surface area contributed by atoms with Gasteiger partial charge in [-0.3, -0.25) is 0 Å². The molecule has 2 rings (SSSR count). The van der Waals surface area contributed by atoms with Gasteiger partial charge in [-0.15, -0.1) is 0 Å². The van der Waals surface area contributed by atoms with Crippen molar-refractivity contribution in [2.24, 2.45) is 5.73 Å². The van der Waals surface area contributed by atoms with E-state index in [9.17, 15) is 0 Å². The summed E-state index contributed by atoms with van der Waals surface area (Å²) in [6.07, 6.45) is 4.07. The van der Waals surface area contributed by atoms with E-state index in [1.165, 1.54) is 19.4 Å². The summed E-state index contributed by atoms with van der Waals surface area (Å²) in [7, 11) is 2.15. The predicted octanol–water partition coefficient (Wildman–Crippen LogP) is 0.207. The lowest BCUT2D eigenvalue weighted by Gasteiger charge is -2.16. The fourth-order valence-corrected chi connectivity index (χ4v) is 2.05. The third-order valence-electron chi connectivity index (χ3n) is 2.96. The van der Waals surface area contributed by atoms with E-state index >= 15 is 0 Å². The monoisotopic (exact) mass is 210 g/mol. The zero-order valence-electron chi connectivity index (χ0n) is 9.15. The Morgan fingerprint density at radius 3 is 3.13 bits per heavy atom. The molecule has 1 aromatic heterocycles. The smallest absolute Gasteiger partial charge is 0.227 e. The van der Waals surface area contributed by atoms with Crippen LogP contribution in [0, 0.1) is 0 Å². The largest absolute Gasteiger partial charge is 0.339 e. The molecule has 5 nitrogen and oxygen atoms in total. The molecular weight excluding hydrogens is 192 g/mol. The highest BCUT2D eigenvalue weighted by Gasteiger charge is 2.22. The summed E-state index contributed by atoms with van der Waals surface area (Å²) in [5.41, 5.74) is 5.42. The number of rotatable bonds is 4. The standard InChI is InChI=1S/C10H18N4O/c1-14-6-2-3-8(14)7-9-12-10(4-5-11)15-13-9/h8H,2-7,11H2,1H3. The lowest BCUT2D eigenvalue weighted by molar-refractivity contribution is 0.301. The lowest BCUT2D eigenvalue weighted by atomic mass is 10.1. The van der Waals surface area contributed by atoms with Crippen LogP contribution in [0.3, 0.4) is 0 Å². The van der Waals surface area contributed by atoms with Gasteiger partial charge in [0.15, 0.2) is 5.82 Å². The van der Waals surface area contributed by atoms with Gasteiger partial charge in [0.05, 0.1) is 0 Å². The van der Waals surface area contributed by atoms with Gasteiger partial charge in [-0.25, -0.2) is 0 Å². The summed E-state index contributed by atoms with van der Waals surface area (Å²) >= 11 is 0. The second-order valence-electron chi connectivity index (χ2n) is 4.12. The highest BCUT2D eigenvalue weighted by Crippen LogP contribution is 2.17. The minimum atomic E-state index is 0.560. The quantitative estimate of drug-likeness (QED) is 0.769. The van der Waals surface area contributed by atoms with Gasteiger partial charge in [0.25, 0.3) is 0 Å². The Balaban J connectivity index is 1.92. The van der Waals surface area contributed by atoms with E-state index in [2.05, 4.69) is 22.1 Å². The first-order valence-electron chi connectivity index (χ1n) is 5.51. The number of nitrogens with zero attached hydrogens (tertiary/aromatic N) is 3. The van der Waals surface area contributed by atoms with Crippen molar-refractivity contribution in [1.29, 1.82) is 0 Å². The van der Waals surface area contributed by atoms with Crippen LogP contribution >= 0.6 is 0 Å². The Kier molecular flexibility index (Phi) is 3.33. The van der Waals surface area contributed by atoms with Gasteiger partial charge in [0.1, 0.15) is 0 Å². The van der Waals surface area contributed by atoms with E-state index in [-0.39, 0.29) is 0 Å². The van der Waals surface area contributed by atoms with Crippen molar-refractivity contribution >= 4 is 0 Å². The van der Waals surface area contributed by atoms with Gasteiger partial charge in [-0.05, 0) is 26.4 Å². The SMILES string of the molecule is CN1CCCC1Cc1noc(CCN)n1. The average molecular weight is 210 g/mol. The molecule has 0 bridgehead atoms. The van der Waals surface area contributed by atoms with Crippen molar-refractivity contribution in [1.82, 2.24) is 15.0 Å². The minimum Gasteiger partial charge on any atom is -0.339 e. The Morgan fingerprint density at radius 2 is 2.47 bits per heavy atom. The van der Waals surface area contributed by atoms with Crippen molar-refractivity contribution in [2.45, 2.75) is 31.7 Å². The zero-order valence-corrected chi connectivity index (χ0v) is 9.15. The molecular formula is C10H18N4O. The summed E-state index contributed by atoms with van der Waals surface area (Å²) in [5.74, 6) is 1.48. The summed E-state index contributed by atoms with van der Waals surface area (Å²) in [6, 6.07) is 0.577. The maximum atomic E-state index is 5.42. The minimum absolute atomic E-state index is 0.560. The third-order valence-corrected chi connectivity index (χ3v) is 2.96. The van der Waals surface area contributed by atoms with Crippen LogP contribution in [0.5, 0.6) is 0 Å². The van der Waals surface area contributed by atoms with Crippen LogP contribution < -0.4 is 5.73 Å². The van der Waals surface area contributed by atoms with Crippen molar-refractivity contribution in [3.8, 4) is 0 Å². The number of likely N-dealkylation sites (tertiary alicyclic amines) is 1. The number of aromatic nitrogens is 2. The first-order valence-corrected chi connectivity index (χ1v) is 5.51. The van der Waals surface area contributed by atoms with Gasteiger partial charge in [-0.2, -0.15) is 4.98 Å². The van der Waals surface area contributed by atoms with Crippen LogP contribution in [0.2, 0.25) is 0 Å². The Morgan fingerprint density at radius 1 is 1.60 bits per heavy atom. The maximum Gasteiger partial charge on any atom is 0.227 e. The molecule has 15 heavy (non-hydrogen) atoms. The van der Waals surface area contributed by atoms with Gasteiger partial charge in [0.2, 0.25) is 5.89 Å². The summed E-state index contributed by atoms with van der Waals surface area (Å²) in [6.45, 7) is 1.74. The summed E-state index contributed by atoms with van der Waals surface area (Å²) in [4.78, 5) is 6.67. The molecule has 1 saturated heterocycles. The molecule has 1 aromatic rings. The molecule has 1 fully saturated rings. The highest BCUT2D eigenvalue weighted by atomic mass is 16.5. The molecule has 0 saturated carbocycles. The third kappa shape index (κ3) is 2.54. The van der Waals surface area contributed by atoms with Crippen molar-refractivity contribution in [3.05, 3.63) is 11.7 Å². The number of likely N-dealkylation sites (N-methyl/N-ethyl adjacent to an activating group) is 1. The second-order valence-corrected chi connectivity index (χ2v) is 4.12. The predicted molar refractivity (Wildman–Crippen MR) is 56.4 cm³/mol. The summed E-state index contributed by atoms with van der Waals surface area (Å²) < 4.78 is 5.09. The van der Waals surface area contributed by atoms with E-state index in [1.807, 2.05) is 0 Å². The van der Waals surface area contributed by atoms with E-state index in [1.54, 1.807) is 0 Å². The van der Waals surface area contributed by atoms with Crippen molar-refractivity contribution in [3.63, 3.8) is 0 Å². The first kappa shape index (κ1) is 10.6. The Hall–Kier alpha value is -0.940.